The molecule has 2 aliphatic carbocycles. The predicted molar refractivity (Wildman–Crippen MR) is 108 cm³/mol. The summed E-state index contributed by atoms with van der Waals surface area (Å²) in [5.74, 6) is -1.81. The maximum atomic E-state index is 13.5. The smallest absolute Gasteiger partial charge is 0.316 e. The Kier molecular flexibility index (Phi) is 5.84. The largest absolute Gasteiger partial charge is 0.462 e. The second kappa shape index (κ2) is 8.52. The van der Waals surface area contributed by atoms with Gasteiger partial charge in [-0.1, -0.05) is 31.6 Å². The molecule has 4 nitrogen and oxygen atoms in total. The van der Waals surface area contributed by atoms with Crippen LogP contribution in [-0.2, 0) is 14.3 Å². The van der Waals surface area contributed by atoms with Gasteiger partial charge >= 0.3 is 5.97 Å². The average molecular weight is 397 g/mol. The third-order valence-electron chi connectivity index (χ3n) is 6.36. The van der Waals surface area contributed by atoms with Crippen LogP contribution in [0.15, 0.2) is 47.8 Å². The van der Waals surface area contributed by atoms with Crippen molar-refractivity contribution in [2.24, 2.45) is 5.92 Å². The van der Waals surface area contributed by atoms with Crippen LogP contribution in [0, 0.1) is 11.7 Å². The van der Waals surface area contributed by atoms with Gasteiger partial charge in [0, 0.05) is 29.3 Å². The molecule has 154 valence electrons. The Morgan fingerprint density at radius 3 is 2.41 bits per heavy atom. The number of hydrogen-bond acceptors (Lipinski definition) is 4. The Morgan fingerprint density at radius 2 is 1.72 bits per heavy atom. The van der Waals surface area contributed by atoms with Gasteiger partial charge in [0.15, 0.2) is 5.78 Å². The third-order valence-corrected chi connectivity index (χ3v) is 6.36. The Hall–Kier alpha value is -2.43. The van der Waals surface area contributed by atoms with Crippen LogP contribution >= 0.6 is 0 Å². The van der Waals surface area contributed by atoms with E-state index in [9.17, 15) is 14.0 Å². The minimum Gasteiger partial charge on any atom is -0.462 e. The number of benzene rings is 1. The Balaban J connectivity index is 1.69. The number of Topliss-reactive ketones (excluding diaryl/α,β-unsaturated/α-hetero) is 1. The number of hydrogen-bond donors (Lipinski definition) is 1. The summed E-state index contributed by atoms with van der Waals surface area (Å²) in [6.07, 6.45) is 8.17. The molecule has 29 heavy (non-hydrogen) atoms. The summed E-state index contributed by atoms with van der Waals surface area (Å²) < 4.78 is 19.5. The SMILES string of the molecule is C=C1NC2=C(C(=O)CCC2)C(c2ccc(F)cc2)C1C(=O)OC1CCCCCC1. The van der Waals surface area contributed by atoms with Crippen LogP contribution in [0.4, 0.5) is 4.39 Å². The normalized spacial score (nSPS) is 25.8. The molecule has 0 amide bonds. The second-order valence-electron chi connectivity index (χ2n) is 8.38. The number of allylic oxidation sites excluding steroid dienone is 2. The third kappa shape index (κ3) is 4.14. The molecule has 1 N–H and O–H groups in total. The lowest BCUT2D eigenvalue weighted by Gasteiger charge is -2.38. The fourth-order valence-corrected chi connectivity index (χ4v) is 4.90. The summed E-state index contributed by atoms with van der Waals surface area (Å²) in [6.45, 7) is 4.11. The molecule has 3 aliphatic rings. The topological polar surface area (TPSA) is 55.4 Å². The number of rotatable bonds is 3. The van der Waals surface area contributed by atoms with E-state index in [-0.39, 0.29) is 23.7 Å². The molecule has 1 heterocycles. The molecule has 0 aromatic heterocycles. The van der Waals surface area contributed by atoms with E-state index in [1.54, 1.807) is 12.1 Å². The van der Waals surface area contributed by atoms with Crippen molar-refractivity contribution in [3.63, 3.8) is 0 Å². The Bertz CT molecular complexity index is 834. The lowest BCUT2D eigenvalue weighted by Crippen LogP contribution is -2.42. The number of carbonyl (C=O) groups is 2. The zero-order chi connectivity index (χ0) is 20.4. The minimum atomic E-state index is -0.690. The molecule has 4 rings (SSSR count). The molecule has 2 atom stereocenters. The van der Waals surface area contributed by atoms with Crippen LogP contribution < -0.4 is 5.32 Å². The van der Waals surface area contributed by atoms with E-state index in [0.29, 0.717) is 17.7 Å². The highest BCUT2D eigenvalue weighted by Crippen LogP contribution is 2.44. The molecular formula is C24H28FNO3. The van der Waals surface area contributed by atoms with Gasteiger partial charge in [-0.25, -0.2) is 4.39 Å². The number of esters is 1. The van der Waals surface area contributed by atoms with E-state index in [1.807, 2.05) is 0 Å². The van der Waals surface area contributed by atoms with Crippen molar-refractivity contribution in [2.75, 3.05) is 0 Å². The molecule has 1 saturated carbocycles. The van der Waals surface area contributed by atoms with Gasteiger partial charge < -0.3 is 10.1 Å². The monoisotopic (exact) mass is 397 g/mol. The summed E-state index contributed by atoms with van der Waals surface area (Å²) in [5, 5.41) is 3.23. The van der Waals surface area contributed by atoms with Crippen LogP contribution in [-0.4, -0.2) is 17.9 Å². The maximum Gasteiger partial charge on any atom is 0.316 e. The molecular weight excluding hydrogens is 369 g/mol. The molecule has 0 spiro atoms. The lowest BCUT2D eigenvalue weighted by molar-refractivity contribution is -0.154. The van der Waals surface area contributed by atoms with E-state index >= 15 is 0 Å². The molecule has 1 aromatic carbocycles. The van der Waals surface area contributed by atoms with Crippen molar-refractivity contribution in [3.05, 3.63) is 59.2 Å². The van der Waals surface area contributed by atoms with Gasteiger partial charge in [0.1, 0.15) is 17.8 Å². The molecule has 0 bridgehead atoms. The number of halogens is 1. The molecule has 1 fully saturated rings. The number of carbonyl (C=O) groups excluding carboxylic acids is 2. The van der Waals surface area contributed by atoms with Crippen molar-refractivity contribution < 1.29 is 18.7 Å². The summed E-state index contributed by atoms with van der Waals surface area (Å²) in [5.41, 5.74) is 2.79. The van der Waals surface area contributed by atoms with Gasteiger partial charge in [0.25, 0.3) is 0 Å². The maximum absolute atomic E-state index is 13.5. The Labute approximate surface area is 171 Å². The van der Waals surface area contributed by atoms with E-state index < -0.39 is 11.8 Å². The highest BCUT2D eigenvalue weighted by atomic mass is 19.1. The first kappa shape index (κ1) is 19.9. The minimum absolute atomic E-state index is 0.0489. The van der Waals surface area contributed by atoms with E-state index in [4.69, 9.17) is 4.74 Å². The molecule has 1 aliphatic heterocycles. The van der Waals surface area contributed by atoms with Gasteiger partial charge in [-0.15, -0.1) is 0 Å². The van der Waals surface area contributed by atoms with Crippen molar-refractivity contribution in [1.29, 1.82) is 0 Å². The molecule has 0 saturated heterocycles. The molecule has 5 heteroatoms. The van der Waals surface area contributed by atoms with Crippen LogP contribution in [0.1, 0.15) is 69.3 Å². The highest BCUT2D eigenvalue weighted by molar-refractivity contribution is 6.00. The highest BCUT2D eigenvalue weighted by Gasteiger charge is 2.44. The Morgan fingerprint density at radius 1 is 1.03 bits per heavy atom. The number of ketones is 1. The number of nitrogens with one attached hydrogen (secondary N) is 1. The van der Waals surface area contributed by atoms with Crippen molar-refractivity contribution in [2.45, 2.75) is 69.8 Å². The summed E-state index contributed by atoms with van der Waals surface area (Å²) in [6, 6.07) is 6.08. The van der Waals surface area contributed by atoms with Gasteiger partial charge in [-0.05, 0) is 56.2 Å². The fourth-order valence-electron chi connectivity index (χ4n) is 4.90. The summed E-state index contributed by atoms with van der Waals surface area (Å²) in [4.78, 5) is 26.1. The first-order valence-corrected chi connectivity index (χ1v) is 10.7. The molecule has 1 aromatic rings. The number of ether oxygens (including phenoxy) is 1. The van der Waals surface area contributed by atoms with E-state index in [2.05, 4.69) is 11.9 Å². The predicted octanol–water partition coefficient (Wildman–Crippen LogP) is 4.92. The quantitative estimate of drug-likeness (QED) is 0.581. The van der Waals surface area contributed by atoms with Gasteiger partial charge in [-0.2, -0.15) is 0 Å². The van der Waals surface area contributed by atoms with Crippen molar-refractivity contribution >= 4 is 11.8 Å². The molecule has 0 radical (unpaired) electrons. The van der Waals surface area contributed by atoms with Gasteiger partial charge in [0.05, 0.1) is 0 Å². The van der Waals surface area contributed by atoms with Crippen LogP contribution in [0.5, 0.6) is 0 Å². The van der Waals surface area contributed by atoms with Gasteiger partial charge in [-0.3, -0.25) is 9.59 Å². The first-order valence-electron chi connectivity index (χ1n) is 10.7. The van der Waals surface area contributed by atoms with Crippen molar-refractivity contribution in [1.82, 2.24) is 5.32 Å². The zero-order valence-electron chi connectivity index (χ0n) is 16.7. The standard InChI is InChI=1S/C24H28FNO3/c1-15-21(24(28)29-18-7-4-2-3-5-8-18)22(16-11-13-17(25)14-12-16)23-19(26-15)9-6-10-20(23)27/h11-14,18,21-22,26H,1-10H2. The zero-order valence-corrected chi connectivity index (χ0v) is 16.7. The summed E-state index contributed by atoms with van der Waals surface area (Å²) >= 11 is 0. The van der Waals surface area contributed by atoms with Crippen LogP contribution in [0.25, 0.3) is 0 Å². The summed E-state index contributed by atoms with van der Waals surface area (Å²) in [7, 11) is 0. The van der Waals surface area contributed by atoms with E-state index in [0.717, 1.165) is 49.8 Å². The van der Waals surface area contributed by atoms with Crippen LogP contribution in [0.2, 0.25) is 0 Å². The first-order chi connectivity index (χ1) is 14.0. The molecule has 2 unspecified atom stereocenters. The van der Waals surface area contributed by atoms with Crippen molar-refractivity contribution in [3.8, 4) is 0 Å². The lowest BCUT2D eigenvalue weighted by atomic mass is 9.71. The average Bonchev–Trinajstić information content (AvgIpc) is 2.96. The second-order valence-corrected chi connectivity index (χ2v) is 8.38. The van der Waals surface area contributed by atoms with Gasteiger partial charge in [0.2, 0.25) is 0 Å². The van der Waals surface area contributed by atoms with Crippen LogP contribution in [0.3, 0.4) is 0 Å². The fraction of sp³-hybridized carbons (Fsp3) is 0.500. The van der Waals surface area contributed by atoms with E-state index in [1.165, 1.54) is 25.0 Å².